The number of nitrogens with zero attached hydrogens (tertiary/aromatic N) is 1. The van der Waals surface area contributed by atoms with Gasteiger partial charge in [0.25, 0.3) is 5.91 Å². The molecule has 1 amide bonds. The van der Waals surface area contributed by atoms with E-state index in [4.69, 9.17) is 0 Å². The number of benzene rings is 1. The van der Waals surface area contributed by atoms with Crippen LogP contribution in [0.15, 0.2) is 36.0 Å². The first-order valence-corrected chi connectivity index (χ1v) is 7.21. The largest absolute Gasteiger partial charge is 0.380 e. The molecule has 98 valence electrons. The first-order valence-electron chi connectivity index (χ1n) is 6.33. The van der Waals surface area contributed by atoms with Crippen LogP contribution in [0.5, 0.6) is 0 Å². The average molecular weight is 273 g/mol. The smallest absolute Gasteiger partial charge is 0.251 e. The number of hydrogen-bond donors (Lipinski definition) is 2. The summed E-state index contributed by atoms with van der Waals surface area (Å²) >= 11 is 1.63. The average Bonchev–Trinajstić information content (AvgIpc) is 3.09. The second-order valence-electron chi connectivity index (χ2n) is 4.65. The summed E-state index contributed by atoms with van der Waals surface area (Å²) in [6.45, 7) is 0.762. The number of rotatable bonds is 5. The number of amides is 1. The van der Waals surface area contributed by atoms with Gasteiger partial charge in [0.15, 0.2) is 0 Å². The molecule has 1 aromatic carbocycles. The van der Waals surface area contributed by atoms with Gasteiger partial charge >= 0.3 is 0 Å². The van der Waals surface area contributed by atoms with Crippen LogP contribution in [0.25, 0.3) is 0 Å². The van der Waals surface area contributed by atoms with Gasteiger partial charge in [0.2, 0.25) is 0 Å². The van der Waals surface area contributed by atoms with Crippen molar-refractivity contribution in [3.05, 3.63) is 46.4 Å². The molecule has 3 rings (SSSR count). The van der Waals surface area contributed by atoms with Crippen molar-refractivity contribution in [3.8, 4) is 0 Å². The maximum absolute atomic E-state index is 11.8. The van der Waals surface area contributed by atoms with Crippen LogP contribution in [0.1, 0.15) is 28.1 Å². The van der Waals surface area contributed by atoms with Crippen LogP contribution in [0.4, 0.5) is 5.69 Å². The molecule has 5 heteroatoms. The highest BCUT2D eigenvalue weighted by atomic mass is 32.1. The molecule has 1 fully saturated rings. The molecule has 1 aliphatic carbocycles. The molecule has 1 aliphatic rings. The number of carbonyl (C=O) groups is 1. The van der Waals surface area contributed by atoms with E-state index in [1.54, 1.807) is 11.3 Å². The van der Waals surface area contributed by atoms with E-state index < -0.39 is 0 Å². The third-order valence-corrected chi connectivity index (χ3v) is 3.79. The van der Waals surface area contributed by atoms with Crippen LogP contribution in [-0.4, -0.2) is 16.9 Å². The van der Waals surface area contributed by atoms with Crippen LogP contribution in [0.3, 0.4) is 0 Å². The predicted molar refractivity (Wildman–Crippen MR) is 76.4 cm³/mol. The molecular weight excluding hydrogens is 258 g/mol. The predicted octanol–water partition coefficient (Wildman–Crippen LogP) is 2.65. The maximum atomic E-state index is 11.8. The van der Waals surface area contributed by atoms with Gasteiger partial charge in [0.1, 0.15) is 0 Å². The maximum Gasteiger partial charge on any atom is 0.251 e. The molecule has 1 saturated carbocycles. The zero-order chi connectivity index (χ0) is 13.1. The van der Waals surface area contributed by atoms with Crippen molar-refractivity contribution in [1.29, 1.82) is 0 Å². The van der Waals surface area contributed by atoms with Crippen molar-refractivity contribution in [1.82, 2.24) is 10.3 Å². The molecule has 0 radical (unpaired) electrons. The Labute approximate surface area is 115 Å². The number of thiazole rings is 1. The fraction of sp³-hybridized carbons (Fsp3) is 0.286. The number of nitrogens with one attached hydrogen (secondary N) is 2. The lowest BCUT2D eigenvalue weighted by atomic mass is 10.2. The van der Waals surface area contributed by atoms with Crippen LogP contribution in [0.2, 0.25) is 0 Å². The zero-order valence-corrected chi connectivity index (χ0v) is 11.2. The van der Waals surface area contributed by atoms with Crippen molar-refractivity contribution in [2.45, 2.75) is 25.4 Å². The molecule has 0 atom stereocenters. The first kappa shape index (κ1) is 12.2. The minimum atomic E-state index is 0.0245. The van der Waals surface area contributed by atoms with E-state index in [-0.39, 0.29) is 5.91 Å². The standard InChI is InChI=1S/C14H15N3OS/c18-14(17-12-5-6-12)10-1-3-11(4-2-10)16-8-13-7-15-9-19-13/h1-4,7,9,12,16H,5-6,8H2,(H,17,18). The molecule has 4 nitrogen and oxygen atoms in total. The third-order valence-electron chi connectivity index (χ3n) is 3.01. The Hall–Kier alpha value is -1.88. The fourth-order valence-corrected chi connectivity index (χ4v) is 2.29. The highest BCUT2D eigenvalue weighted by molar-refractivity contribution is 7.09. The molecule has 19 heavy (non-hydrogen) atoms. The van der Waals surface area contributed by atoms with Crippen molar-refractivity contribution in [2.24, 2.45) is 0 Å². The van der Waals surface area contributed by atoms with Crippen molar-refractivity contribution in [2.75, 3.05) is 5.32 Å². The summed E-state index contributed by atoms with van der Waals surface area (Å²) in [7, 11) is 0. The van der Waals surface area contributed by atoms with Crippen LogP contribution in [0, 0.1) is 0 Å². The molecule has 0 saturated heterocycles. The molecule has 1 aromatic heterocycles. The highest BCUT2D eigenvalue weighted by Crippen LogP contribution is 2.20. The lowest BCUT2D eigenvalue weighted by Gasteiger charge is -2.06. The summed E-state index contributed by atoms with van der Waals surface area (Å²) < 4.78 is 0. The van der Waals surface area contributed by atoms with Gasteiger partial charge in [-0.2, -0.15) is 0 Å². The minimum absolute atomic E-state index is 0.0245. The topological polar surface area (TPSA) is 54.0 Å². The summed E-state index contributed by atoms with van der Waals surface area (Å²) in [6, 6.07) is 7.97. The van der Waals surface area contributed by atoms with Gasteiger partial charge in [-0.3, -0.25) is 9.78 Å². The van der Waals surface area contributed by atoms with E-state index in [1.807, 2.05) is 36.0 Å². The Kier molecular flexibility index (Phi) is 3.46. The van der Waals surface area contributed by atoms with E-state index in [2.05, 4.69) is 15.6 Å². The number of aromatic nitrogens is 1. The molecule has 1 heterocycles. The second kappa shape index (κ2) is 5.40. The van der Waals surface area contributed by atoms with E-state index in [9.17, 15) is 4.79 Å². The third kappa shape index (κ3) is 3.32. The van der Waals surface area contributed by atoms with Gasteiger partial charge < -0.3 is 10.6 Å². The fourth-order valence-electron chi connectivity index (χ4n) is 1.75. The Balaban J connectivity index is 1.57. The van der Waals surface area contributed by atoms with Gasteiger partial charge in [-0.1, -0.05) is 0 Å². The Morgan fingerprint density at radius 2 is 2.11 bits per heavy atom. The second-order valence-corrected chi connectivity index (χ2v) is 5.62. The lowest BCUT2D eigenvalue weighted by Crippen LogP contribution is -2.25. The monoisotopic (exact) mass is 273 g/mol. The van der Waals surface area contributed by atoms with Crippen LogP contribution in [-0.2, 0) is 6.54 Å². The van der Waals surface area contributed by atoms with E-state index >= 15 is 0 Å². The molecule has 2 aromatic rings. The van der Waals surface area contributed by atoms with E-state index in [1.165, 1.54) is 4.88 Å². The zero-order valence-electron chi connectivity index (χ0n) is 10.4. The highest BCUT2D eigenvalue weighted by Gasteiger charge is 2.23. The van der Waals surface area contributed by atoms with Gasteiger partial charge in [-0.05, 0) is 37.1 Å². The van der Waals surface area contributed by atoms with Gasteiger partial charge in [-0.25, -0.2) is 0 Å². The molecular formula is C14H15N3OS. The van der Waals surface area contributed by atoms with E-state index in [0.29, 0.717) is 6.04 Å². The van der Waals surface area contributed by atoms with E-state index in [0.717, 1.165) is 30.6 Å². The van der Waals surface area contributed by atoms with Gasteiger partial charge in [-0.15, -0.1) is 11.3 Å². The van der Waals surface area contributed by atoms with Crippen molar-refractivity contribution < 1.29 is 4.79 Å². The molecule has 0 spiro atoms. The number of carbonyl (C=O) groups excluding carboxylic acids is 1. The summed E-state index contributed by atoms with van der Waals surface area (Å²) in [4.78, 5) is 17.0. The van der Waals surface area contributed by atoms with Crippen molar-refractivity contribution in [3.63, 3.8) is 0 Å². The number of anilines is 1. The molecule has 0 bridgehead atoms. The van der Waals surface area contributed by atoms with Crippen LogP contribution < -0.4 is 10.6 Å². The first-order chi connectivity index (χ1) is 9.31. The Bertz CT molecular complexity index is 547. The summed E-state index contributed by atoms with van der Waals surface area (Å²) in [6.07, 6.45) is 4.08. The molecule has 0 aliphatic heterocycles. The SMILES string of the molecule is O=C(NC1CC1)c1ccc(NCc2cncs2)cc1. The Morgan fingerprint density at radius 1 is 1.32 bits per heavy atom. The lowest BCUT2D eigenvalue weighted by molar-refractivity contribution is 0.0951. The Morgan fingerprint density at radius 3 is 2.74 bits per heavy atom. The normalized spacial score (nSPS) is 14.1. The van der Waals surface area contributed by atoms with Gasteiger partial charge in [0.05, 0.1) is 12.1 Å². The molecule has 2 N–H and O–H groups in total. The summed E-state index contributed by atoms with van der Waals surface area (Å²) in [5.74, 6) is 0.0245. The summed E-state index contributed by atoms with van der Waals surface area (Å²) in [5, 5.41) is 6.28. The quantitative estimate of drug-likeness (QED) is 0.880. The van der Waals surface area contributed by atoms with Gasteiger partial charge in [0, 0.05) is 28.4 Å². The summed E-state index contributed by atoms with van der Waals surface area (Å²) in [5.41, 5.74) is 3.55. The van der Waals surface area contributed by atoms with Crippen molar-refractivity contribution >= 4 is 22.9 Å². The minimum Gasteiger partial charge on any atom is -0.380 e. The number of hydrogen-bond acceptors (Lipinski definition) is 4. The van der Waals surface area contributed by atoms with Crippen LogP contribution >= 0.6 is 11.3 Å². The molecule has 0 unspecified atom stereocenters.